The van der Waals surface area contributed by atoms with Crippen LogP contribution in [0.1, 0.15) is 5.56 Å². The Kier molecular flexibility index (Phi) is 2.04. The molecular formula is C10H8F2N2. The van der Waals surface area contributed by atoms with Crippen LogP contribution in [0.4, 0.5) is 8.78 Å². The maximum atomic E-state index is 13.5. The van der Waals surface area contributed by atoms with Gasteiger partial charge in [0.15, 0.2) is 0 Å². The summed E-state index contributed by atoms with van der Waals surface area (Å²) in [4.78, 5) is 6.48. The van der Waals surface area contributed by atoms with Crippen molar-refractivity contribution in [1.82, 2.24) is 9.97 Å². The minimum atomic E-state index is -0.608. The minimum Gasteiger partial charge on any atom is -0.344 e. The standard InChI is InChI=1S/C10H8F2N2/c1-6-2-3-7(11)8(9(6)12)10-13-4-5-14-10/h2-5H,1H3,(H,13,14). The van der Waals surface area contributed by atoms with E-state index in [2.05, 4.69) is 9.97 Å². The van der Waals surface area contributed by atoms with E-state index in [1.54, 1.807) is 6.92 Å². The molecule has 0 amide bonds. The third-order valence-corrected chi connectivity index (χ3v) is 2.02. The van der Waals surface area contributed by atoms with E-state index in [1.165, 1.54) is 24.5 Å². The smallest absolute Gasteiger partial charge is 0.143 e. The van der Waals surface area contributed by atoms with Gasteiger partial charge in [0, 0.05) is 12.4 Å². The number of aromatic nitrogens is 2. The largest absolute Gasteiger partial charge is 0.344 e. The summed E-state index contributed by atoms with van der Waals surface area (Å²) in [5, 5.41) is 0. The summed E-state index contributed by atoms with van der Waals surface area (Å²) >= 11 is 0. The number of rotatable bonds is 1. The highest BCUT2D eigenvalue weighted by atomic mass is 19.1. The number of halogens is 2. The molecule has 14 heavy (non-hydrogen) atoms. The number of benzene rings is 1. The molecule has 0 radical (unpaired) electrons. The third-order valence-electron chi connectivity index (χ3n) is 2.02. The van der Waals surface area contributed by atoms with E-state index in [4.69, 9.17) is 0 Å². The van der Waals surface area contributed by atoms with E-state index >= 15 is 0 Å². The van der Waals surface area contributed by atoms with Gasteiger partial charge in [-0.3, -0.25) is 0 Å². The van der Waals surface area contributed by atoms with E-state index in [0.717, 1.165) is 0 Å². The molecule has 0 saturated heterocycles. The lowest BCUT2D eigenvalue weighted by Crippen LogP contribution is -1.94. The quantitative estimate of drug-likeness (QED) is 0.742. The van der Waals surface area contributed by atoms with Crippen LogP contribution in [0.25, 0.3) is 11.4 Å². The second-order valence-electron chi connectivity index (χ2n) is 2.99. The van der Waals surface area contributed by atoms with Gasteiger partial charge in [-0.25, -0.2) is 13.8 Å². The topological polar surface area (TPSA) is 28.7 Å². The Morgan fingerprint density at radius 2 is 2.07 bits per heavy atom. The lowest BCUT2D eigenvalue weighted by atomic mass is 10.1. The molecule has 2 rings (SSSR count). The summed E-state index contributed by atoms with van der Waals surface area (Å²) < 4.78 is 26.8. The normalized spacial score (nSPS) is 10.5. The molecule has 0 saturated carbocycles. The van der Waals surface area contributed by atoms with Crippen molar-refractivity contribution in [3.63, 3.8) is 0 Å². The predicted molar refractivity (Wildman–Crippen MR) is 48.7 cm³/mol. The van der Waals surface area contributed by atoms with Gasteiger partial charge >= 0.3 is 0 Å². The second-order valence-corrected chi connectivity index (χ2v) is 2.99. The van der Waals surface area contributed by atoms with E-state index in [-0.39, 0.29) is 11.4 Å². The molecule has 1 heterocycles. The van der Waals surface area contributed by atoms with Gasteiger partial charge in [0.2, 0.25) is 0 Å². The fourth-order valence-corrected chi connectivity index (χ4v) is 1.28. The Hall–Kier alpha value is -1.71. The monoisotopic (exact) mass is 194 g/mol. The molecule has 0 fully saturated rings. The molecule has 1 aromatic heterocycles. The minimum absolute atomic E-state index is 0.102. The number of aryl methyl sites for hydroxylation is 1. The number of nitrogens with zero attached hydrogens (tertiary/aromatic N) is 1. The first kappa shape index (κ1) is 8.87. The van der Waals surface area contributed by atoms with Crippen LogP contribution < -0.4 is 0 Å². The highest BCUT2D eigenvalue weighted by molar-refractivity contribution is 5.58. The van der Waals surface area contributed by atoms with Gasteiger partial charge < -0.3 is 4.98 Å². The van der Waals surface area contributed by atoms with Crippen molar-refractivity contribution >= 4 is 0 Å². The molecule has 2 aromatic rings. The molecule has 72 valence electrons. The number of hydrogen-bond donors (Lipinski definition) is 1. The first-order valence-corrected chi connectivity index (χ1v) is 4.14. The SMILES string of the molecule is Cc1ccc(F)c(-c2ncc[nH]2)c1F. The van der Waals surface area contributed by atoms with Gasteiger partial charge in [0.1, 0.15) is 17.5 Å². The third kappa shape index (κ3) is 1.28. The highest BCUT2D eigenvalue weighted by Gasteiger charge is 2.14. The maximum absolute atomic E-state index is 13.5. The molecule has 1 aromatic carbocycles. The van der Waals surface area contributed by atoms with Crippen molar-refractivity contribution in [3.8, 4) is 11.4 Å². The molecule has 0 spiro atoms. The van der Waals surface area contributed by atoms with Gasteiger partial charge in [-0.2, -0.15) is 0 Å². The van der Waals surface area contributed by atoms with Gasteiger partial charge in [-0.05, 0) is 18.6 Å². The number of H-pyrrole nitrogens is 1. The zero-order valence-electron chi connectivity index (χ0n) is 7.51. The number of nitrogens with one attached hydrogen (secondary N) is 1. The molecule has 0 aliphatic rings. The summed E-state index contributed by atoms with van der Waals surface area (Å²) in [6.07, 6.45) is 2.98. The highest BCUT2D eigenvalue weighted by Crippen LogP contribution is 2.24. The van der Waals surface area contributed by atoms with Gasteiger partial charge in [-0.15, -0.1) is 0 Å². The van der Waals surface area contributed by atoms with Crippen molar-refractivity contribution in [3.05, 3.63) is 41.7 Å². The molecule has 0 atom stereocenters. The Morgan fingerprint density at radius 3 is 2.71 bits per heavy atom. The maximum Gasteiger partial charge on any atom is 0.143 e. The molecule has 0 bridgehead atoms. The first-order valence-electron chi connectivity index (χ1n) is 4.14. The van der Waals surface area contributed by atoms with Crippen LogP contribution in [-0.2, 0) is 0 Å². The van der Waals surface area contributed by atoms with Crippen molar-refractivity contribution in [2.45, 2.75) is 6.92 Å². The van der Waals surface area contributed by atoms with E-state index in [9.17, 15) is 8.78 Å². The van der Waals surface area contributed by atoms with Gasteiger partial charge in [0.25, 0.3) is 0 Å². The number of hydrogen-bond acceptors (Lipinski definition) is 1. The average Bonchev–Trinajstić information content (AvgIpc) is 2.65. The molecule has 2 nitrogen and oxygen atoms in total. The zero-order chi connectivity index (χ0) is 10.1. The predicted octanol–water partition coefficient (Wildman–Crippen LogP) is 2.66. The summed E-state index contributed by atoms with van der Waals surface area (Å²) in [6.45, 7) is 1.58. The number of aromatic amines is 1. The Bertz CT molecular complexity index is 449. The van der Waals surface area contributed by atoms with Crippen LogP contribution in [0, 0.1) is 18.6 Å². The van der Waals surface area contributed by atoms with Gasteiger partial charge in [0.05, 0.1) is 5.56 Å². The Morgan fingerprint density at radius 1 is 1.29 bits per heavy atom. The summed E-state index contributed by atoms with van der Waals surface area (Å²) in [7, 11) is 0. The van der Waals surface area contributed by atoms with Crippen LogP contribution in [-0.4, -0.2) is 9.97 Å². The van der Waals surface area contributed by atoms with Crippen LogP contribution >= 0.6 is 0 Å². The molecule has 1 N–H and O–H groups in total. The lowest BCUT2D eigenvalue weighted by Gasteiger charge is -2.03. The van der Waals surface area contributed by atoms with E-state index in [1.807, 2.05) is 0 Å². The fourth-order valence-electron chi connectivity index (χ4n) is 1.28. The molecule has 4 heteroatoms. The van der Waals surface area contributed by atoms with Crippen LogP contribution in [0.5, 0.6) is 0 Å². The van der Waals surface area contributed by atoms with E-state index < -0.39 is 11.6 Å². The van der Waals surface area contributed by atoms with Crippen molar-refractivity contribution < 1.29 is 8.78 Å². The fraction of sp³-hybridized carbons (Fsp3) is 0.100. The molecule has 0 unspecified atom stereocenters. The summed E-state index contributed by atoms with van der Waals surface area (Å²) in [5.41, 5.74) is 0.299. The lowest BCUT2D eigenvalue weighted by molar-refractivity contribution is 0.582. The first-order chi connectivity index (χ1) is 6.70. The molecular weight excluding hydrogens is 186 g/mol. The Balaban J connectivity index is 2.69. The van der Waals surface area contributed by atoms with Gasteiger partial charge in [-0.1, -0.05) is 6.07 Å². The number of imidazole rings is 1. The van der Waals surface area contributed by atoms with Crippen molar-refractivity contribution in [2.24, 2.45) is 0 Å². The zero-order valence-corrected chi connectivity index (χ0v) is 7.51. The van der Waals surface area contributed by atoms with Crippen molar-refractivity contribution in [2.75, 3.05) is 0 Å². The second kappa shape index (κ2) is 3.21. The summed E-state index contributed by atoms with van der Waals surface area (Å²) in [6, 6.07) is 2.63. The van der Waals surface area contributed by atoms with Crippen LogP contribution in [0.3, 0.4) is 0 Å². The Labute approximate surface area is 79.6 Å². The van der Waals surface area contributed by atoms with E-state index in [0.29, 0.717) is 5.56 Å². The average molecular weight is 194 g/mol. The summed E-state index contributed by atoms with van der Waals surface area (Å²) in [5.74, 6) is -0.966. The molecule has 0 aliphatic carbocycles. The van der Waals surface area contributed by atoms with Crippen molar-refractivity contribution in [1.29, 1.82) is 0 Å². The van der Waals surface area contributed by atoms with Crippen LogP contribution in [0.15, 0.2) is 24.5 Å². The van der Waals surface area contributed by atoms with Crippen LogP contribution in [0.2, 0.25) is 0 Å². The molecule has 0 aliphatic heterocycles.